The number of carbonyl (C=O) groups excluding carboxylic acids is 1. The molecule has 1 heterocycles. The molecule has 0 fully saturated rings. The van der Waals surface area contributed by atoms with Crippen molar-refractivity contribution < 1.29 is 22.7 Å². The number of hydrogen-bond acceptors (Lipinski definition) is 3. The van der Waals surface area contributed by atoms with Crippen LogP contribution in [0.5, 0.6) is 0 Å². The molecule has 120 valence electrons. The number of hydrogen-bond donors (Lipinski definition) is 1. The lowest BCUT2D eigenvalue weighted by Crippen LogP contribution is -2.26. The van der Waals surface area contributed by atoms with Crippen LogP contribution >= 0.6 is 0 Å². The first-order valence-corrected chi connectivity index (χ1v) is 6.65. The second kappa shape index (κ2) is 5.23. The smallest absolute Gasteiger partial charge is 0.418 e. The third-order valence-corrected chi connectivity index (χ3v) is 2.96. The molecule has 22 heavy (non-hydrogen) atoms. The molecule has 0 aliphatic carbocycles. The Morgan fingerprint density at radius 1 is 1.14 bits per heavy atom. The van der Waals surface area contributed by atoms with Crippen molar-refractivity contribution in [3.63, 3.8) is 0 Å². The predicted octanol–water partition coefficient (Wildman–Crippen LogP) is 4.49. The first-order valence-electron chi connectivity index (χ1n) is 6.65. The Hall–Kier alpha value is -2.18. The number of ether oxygens (including phenoxy) is 1. The number of benzene rings is 1. The minimum absolute atomic E-state index is 0.0399. The number of alkyl halides is 3. The summed E-state index contributed by atoms with van der Waals surface area (Å²) < 4.78 is 45.4. The Morgan fingerprint density at radius 3 is 2.14 bits per heavy atom. The Labute approximate surface area is 125 Å². The summed E-state index contributed by atoms with van der Waals surface area (Å²) in [5, 5.41) is 3.36. The standard InChI is InChI=1S/C15H17F3N2O2/c1-14(2,3)22-13(21)20-7-9-5-11(15(16,17)18)12(19-4)6-10(9)8-20/h5-8,19H,1-4H3. The lowest BCUT2D eigenvalue weighted by Gasteiger charge is -2.19. The Morgan fingerprint density at radius 2 is 1.68 bits per heavy atom. The van der Waals surface area contributed by atoms with Crippen LogP contribution in [0.1, 0.15) is 26.3 Å². The fraction of sp³-hybridized carbons (Fsp3) is 0.400. The van der Waals surface area contributed by atoms with Gasteiger partial charge >= 0.3 is 12.3 Å². The first kappa shape index (κ1) is 16.2. The number of anilines is 1. The molecule has 2 aromatic rings. The molecule has 0 aliphatic rings. The topological polar surface area (TPSA) is 43.3 Å². The summed E-state index contributed by atoms with van der Waals surface area (Å²) >= 11 is 0. The molecule has 0 saturated carbocycles. The first-order chi connectivity index (χ1) is 10.0. The summed E-state index contributed by atoms with van der Waals surface area (Å²) in [6.07, 6.45) is -2.33. The number of fused-ring (bicyclic) bond motifs is 1. The van der Waals surface area contributed by atoms with Gasteiger partial charge < -0.3 is 10.1 Å². The quantitative estimate of drug-likeness (QED) is 0.843. The number of nitrogens with zero attached hydrogens (tertiary/aromatic N) is 1. The number of halogens is 3. The van der Waals surface area contributed by atoms with Gasteiger partial charge in [-0.2, -0.15) is 13.2 Å². The van der Waals surface area contributed by atoms with E-state index in [2.05, 4.69) is 5.32 Å². The van der Waals surface area contributed by atoms with E-state index >= 15 is 0 Å². The zero-order valence-corrected chi connectivity index (χ0v) is 12.7. The Kier molecular flexibility index (Phi) is 3.85. The number of rotatable bonds is 1. The maximum Gasteiger partial charge on any atom is 0.418 e. The van der Waals surface area contributed by atoms with Crippen molar-refractivity contribution >= 4 is 22.6 Å². The van der Waals surface area contributed by atoms with Gasteiger partial charge in [0.2, 0.25) is 0 Å². The van der Waals surface area contributed by atoms with E-state index in [0.29, 0.717) is 10.8 Å². The van der Waals surface area contributed by atoms with Crippen LogP contribution in [0.15, 0.2) is 24.5 Å². The van der Waals surface area contributed by atoms with Crippen molar-refractivity contribution in [1.29, 1.82) is 0 Å². The highest BCUT2D eigenvalue weighted by molar-refractivity contribution is 5.90. The van der Waals surface area contributed by atoms with Gasteiger partial charge in [-0.1, -0.05) is 0 Å². The molecule has 7 heteroatoms. The molecule has 0 unspecified atom stereocenters. The van der Waals surface area contributed by atoms with Crippen molar-refractivity contribution in [1.82, 2.24) is 4.57 Å². The van der Waals surface area contributed by atoms with Gasteiger partial charge in [0, 0.05) is 35.9 Å². The lowest BCUT2D eigenvalue weighted by atomic mass is 10.1. The molecule has 4 nitrogen and oxygen atoms in total. The monoisotopic (exact) mass is 314 g/mol. The van der Waals surface area contributed by atoms with Gasteiger partial charge in [-0.3, -0.25) is 4.57 Å². The number of carbonyl (C=O) groups is 1. The van der Waals surface area contributed by atoms with Crippen molar-refractivity contribution in [2.75, 3.05) is 12.4 Å². The minimum Gasteiger partial charge on any atom is -0.443 e. The molecule has 1 N–H and O–H groups in total. The van der Waals surface area contributed by atoms with E-state index in [1.165, 1.54) is 25.5 Å². The molecule has 0 amide bonds. The third kappa shape index (κ3) is 3.35. The molecule has 0 bridgehead atoms. The van der Waals surface area contributed by atoms with E-state index in [1.807, 2.05) is 0 Å². The van der Waals surface area contributed by atoms with E-state index in [9.17, 15) is 18.0 Å². The summed E-state index contributed by atoms with van der Waals surface area (Å²) in [5.74, 6) is 0. The van der Waals surface area contributed by atoms with Gasteiger partial charge in [-0.25, -0.2) is 4.79 Å². The normalized spacial score (nSPS) is 12.5. The summed E-state index contributed by atoms with van der Waals surface area (Å²) in [6, 6.07) is 2.38. The van der Waals surface area contributed by atoms with Gasteiger partial charge in [0.05, 0.1) is 5.56 Å². The molecular formula is C15H17F3N2O2. The largest absolute Gasteiger partial charge is 0.443 e. The van der Waals surface area contributed by atoms with Crippen molar-refractivity contribution in [2.45, 2.75) is 32.5 Å². The highest BCUT2D eigenvalue weighted by Gasteiger charge is 2.34. The van der Waals surface area contributed by atoms with Crippen LogP contribution in [-0.4, -0.2) is 23.3 Å². The van der Waals surface area contributed by atoms with E-state index in [1.54, 1.807) is 20.8 Å². The molecule has 0 spiro atoms. The van der Waals surface area contributed by atoms with E-state index < -0.39 is 23.4 Å². The minimum atomic E-state index is -4.47. The van der Waals surface area contributed by atoms with E-state index in [-0.39, 0.29) is 5.69 Å². The average Bonchev–Trinajstić information content (AvgIpc) is 2.76. The zero-order chi connectivity index (χ0) is 16.7. The van der Waals surface area contributed by atoms with Gasteiger partial charge in [0.1, 0.15) is 5.60 Å². The van der Waals surface area contributed by atoms with Gasteiger partial charge in [-0.05, 0) is 32.9 Å². The molecule has 1 aromatic heterocycles. The van der Waals surface area contributed by atoms with Crippen LogP contribution in [0.3, 0.4) is 0 Å². The summed E-state index contributed by atoms with van der Waals surface area (Å²) in [6.45, 7) is 5.15. The van der Waals surface area contributed by atoms with Crippen LogP contribution in [-0.2, 0) is 10.9 Å². The van der Waals surface area contributed by atoms with Crippen LogP contribution in [0, 0.1) is 0 Å². The molecule has 2 rings (SSSR count). The number of aromatic nitrogens is 1. The fourth-order valence-electron chi connectivity index (χ4n) is 2.06. The maximum atomic E-state index is 13.0. The second-order valence-corrected chi connectivity index (χ2v) is 5.92. The van der Waals surface area contributed by atoms with Gasteiger partial charge in [0.25, 0.3) is 0 Å². The average molecular weight is 314 g/mol. The second-order valence-electron chi connectivity index (χ2n) is 5.92. The lowest BCUT2D eigenvalue weighted by molar-refractivity contribution is -0.136. The van der Waals surface area contributed by atoms with Crippen LogP contribution in [0.25, 0.3) is 10.8 Å². The zero-order valence-electron chi connectivity index (χ0n) is 12.7. The maximum absolute atomic E-state index is 13.0. The highest BCUT2D eigenvalue weighted by atomic mass is 19.4. The highest BCUT2D eigenvalue weighted by Crippen LogP contribution is 2.37. The van der Waals surface area contributed by atoms with Crippen LogP contribution in [0.2, 0.25) is 0 Å². The van der Waals surface area contributed by atoms with Crippen LogP contribution < -0.4 is 5.32 Å². The fourth-order valence-corrected chi connectivity index (χ4v) is 2.06. The molecule has 0 atom stereocenters. The SMILES string of the molecule is CNc1cc2cn(C(=O)OC(C)(C)C)cc2cc1C(F)(F)F. The summed E-state index contributed by atoms with van der Waals surface area (Å²) in [5.41, 5.74) is -1.49. The summed E-state index contributed by atoms with van der Waals surface area (Å²) in [4.78, 5) is 12.0. The van der Waals surface area contributed by atoms with Gasteiger partial charge in [-0.15, -0.1) is 0 Å². The molecule has 1 aromatic carbocycles. The van der Waals surface area contributed by atoms with Crippen molar-refractivity contribution in [3.05, 3.63) is 30.1 Å². The predicted molar refractivity (Wildman–Crippen MR) is 78.1 cm³/mol. The van der Waals surface area contributed by atoms with Gasteiger partial charge in [0.15, 0.2) is 0 Å². The molecule has 0 radical (unpaired) electrons. The third-order valence-electron chi connectivity index (χ3n) is 2.96. The van der Waals surface area contributed by atoms with Crippen molar-refractivity contribution in [2.24, 2.45) is 0 Å². The van der Waals surface area contributed by atoms with E-state index in [0.717, 1.165) is 10.6 Å². The molecular weight excluding hydrogens is 297 g/mol. The van der Waals surface area contributed by atoms with Crippen molar-refractivity contribution in [3.8, 4) is 0 Å². The molecule has 0 saturated heterocycles. The Balaban J connectivity index is 2.49. The Bertz CT molecular complexity index is 712. The number of nitrogens with one attached hydrogen (secondary N) is 1. The molecule has 0 aliphatic heterocycles. The van der Waals surface area contributed by atoms with Crippen LogP contribution in [0.4, 0.5) is 23.7 Å². The summed E-state index contributed by atoms with van der Waals surface area (Å²) in [7, 11) is 1.42. The van der Waals surface area contributed by atoms with E-state index in [4.69, 9.17) is 4.74 Å².